The molecular weight excluding hydrogens is 284 g/mol. The van der Waals surface area contributed by atoms with Gasteiger partial charge in [0.25, 0.3) is 0 Å². The largest absolute Gasteiger partial charge is 0.381 e. The summed E-state index contributed by atoms with van der Waals surface area (Å²) in [6.07, 6.45) is 0. The van der Waals surface area contributed by atoms with E-state index < -0.39 is 0 Å². The SMILES string of the molecule is CC(C)c1c(N)nnn1-c1c(Cl)ccc2nsnc12. The number of nitrogens with two attached hydrogens (primary N) is 1. The highest BCUT2D eigenvalue weighted by Crippen LogP contribution is 2.31. The lowest BCUT2D eigenvalue weighted by atomic mass is 10.1. The Morgan fingerprint density at radius 2 is 2.11 bits per heavy atom. The van der Waals surface area contributed by atoms with Crippen LogP contribution < -0.4 is 5.73 Å². The van der Waals surface area contributed by atoms with Gasteiger partial charge in [-0.15, -0.1) is 5.10 Å². The average Bonchev–Trinajstić information content (AvgIpc) is 2.95. The second-order valence-electron chi connectivity index (χ2n) is 4.45. The minimum Gasteiger partial charge on any atom is -0.381 e. The first kappa shape index (κ1) is 12.3. The van der Waals surface area contributed by atoms with Crippen LogP contribution in [0.5, 0.6) is 0 Å². The average molecular weight is 295 g/mol. The second-order valence-corrected chi connectivity index (χ2v) is 5.39. The van der Waals surface area contributed by atoms with Gasteiger partial charge in [0.1, 0.15) is 16.7 Å². The molecule has 0 amide bonds. The first-order valence-electron chi connectivity index (χ1n) is 5.71. The fourth-order valence-electron chi connectivity index (χ4n) is 2.02. The van der Waals surface area contributed by atoms with E-state index in [1.165, 1.54) is 0 Å². The number of nitrogens with zero attached hydrogens (tertiary/aromatic N) is 5. The molecule has 0 atom stereocenters. The second kappa shape index (κ2) is 4.43. The van der Waals surface area contributed by atoms with Crippen molar-refractivity contribution in [2.45, 2.75) is 19.8 Å². The fraction of sp³-hybridized carbons (Fsp3) is 0.273. The van der Waals surface area contributed by atoms with Crippen LogP contribution >= 0.6 is 23.3 Å². The smallest absolute Gasteiger partial charge is 0.169 e. The van der Waals surface area contributed by atoms with Crippen LogP contribution in [0.3, 0.4) is 0 Å². The lowest BCUT2D eigenvalue weighted by Crippen LogP contribution is -2.06. The number of hydrogen-bond donors (Lipinski definition) is 1. The van der Waals surface area contributed by atoms with Crippen LogP contribution in [0.2, 0.25) is 5.02 Å². The van der Waals surface area contributed by atoms with Crippen molar-refractivity contribution >= 4 is 40.2 Å². The lowest BCUT2D eigenvalue weighted by Gasteiger charge is -2.11. The molecule has 0 radical (unpaired) electrons. The van der Waals surface area contributed by atoms with Crippen LogP contribution in [0.1, 0.15) is 25.5 Å². The summed E-state index contributed by atoms with van der Waals surface area (Å²) in [5.41, 5.74) is 8.88. The Hall–Kier alpha value is -1.73. The Bertz CT molecular complexity index is 747. The summed E-state index contributed by atoms with van der Waals surface area (Å²) in [7, 11) is 0. The van der Waals surface area contributed by atoms with Gasteiger partial charge in [0.2, 0.25) is 0 Å². The summed E-state index contributed by atoms with van der Waals surface area (Å²) in [5.74, 6) is 0.583. The molecule has 3 rings (SSSR count). The molecule has 0 saturated heterocycles. The van der Waals surface area contributed by atoms with E-state index >= 15 is 0 Å². The van der Waals surface area contributed by atoms with Crippen molar-refractivity contribution in [1.29, 1.82) is 0 Å². The zero-order valence-corrected chi connectivity index (χ0v) is 11.9. The number of nitrogen functional groups attached to an aromatic ring is 1. The van der Waals surface area contributed by atoms with E-state index in [-0.39, 0.29) is 5.92 Å². The highest BCUT2D eigenvalue weighted by molar-refractivity contribution is 7.00. The van der Waals surface area contributed by atoms with Crippen LogP contribution in [-0.2, 0) is 0 Å². The molecule has 0 aliphatic rings. The maximum atomic E-state index is 6.29. The normalized spacial score (nSPS) is 11.6. The summed E-state index contributed by atoms with van der Waals surface area (Å²) >= 11 is 7.43. The van der Waals surface area contributed by atoms with Crippen LogP contribution in [0, 0.1) is 0 Å². The molecule has 0 saturated carbocycles. The molecule has 1 aromatic carbocycles. The number of fused-ring (bicyclic) bond motifs is 1. The molecule has 0 bridgehead atoms. The topological polar surface area (TPSA) is 82.5 Å². The summed E-state index contributed by atoms with van der Waals surface area (Å²) in [6, 6.07) is 3.61. The Kier molecular flexibility index (Phi) is 2.87. The van der Waals surface area contributed by atoms with E-state index in [0.29, 0.717) is 22.0 Å². The van der Waals surface area contributed by atoms with E-state index in [9.17, 15) is 0 Å². The van der Waals surface area contributed by atoms with Crippen molar-refractivity contribution in [3.05, 3.63) is 22.8 Å². The standard InChI is InChI=1S/C11H11ClN6S/c1-5(2)9-11(13)14-17-18(9)10-6(12)3-4-7-8(10)16-19-15-7/h3-5H,13H2,1-2H3. The van der Waals surface area contributed by atoms with Gasteiger partial charge in [0.05, 0.1) is 22.4 Å². The zero-order chi connectivity index (χ0) is 13.6. The molecule has 2 heterocycles. The maximum absolute atomic E-state index is 6.29. The van der Waals surface area contributed by atoms with Gasteiger partial charge >= 0.3 is 0 Å². The molecule has 2 N–H and O–H groups in total. The van der Waals surface area contributed by atoms with Crippen LogP contribution in [0.25, 0.3) is 16.7 Å². The van der Waals surface area contributed by atoms with Gasteiger partial charge < -0.3 is 5.73 Å². The van der Waals surface area contributed by atoms with Crippen molar-refractivity contribution in [2.24, 2.45) is 0 Å². The van der Waals surface area contributed by atoms with Crippen LogP contribution in [0.15, 0.2) is 12.1 Å². The quantitative estimate of drug-likeness (QED) is 0.785. The predicted octanol–water partition coefficient (Wildman–Crippen LogP) is 2.63. The van der Waals surface area contributed by atoms with E-state index in [1.54, 1.807) is 10.7 Å². The van der Waals surface area contributed by atoms with E-state index in [0.717, 1.165) is 22.9 Å². The summed E-state index contributed by atoms with van der Waals surface area (Å²) < 4.78 is 10.1. The van der Waals surface area contributed by atoms with E-state index in [1.807, 2.05) is 19.9 Å². The third-order valence-electron chi connectivity index (χ3n) is 2.84. The molecule has 8 heteroatoms. The first-order chi connectivity index (χ1) is 9.09. The van der Waals surface area contributed by atoms with Gasteiger partial charge in [0, 0.05) is 0 Å². The molecule has 0 fully saturated rings. The first-order valence-corrected chi connectivity index (χ1v) is 6.82. The molecular formula is C11H11ClN6S. The number of aromatic nitrogens is 5. The summed E-state index contributed by atoms with van der Waals surface area (Å²) in [4.78, 5) is 0. The monoisotopic (exact) mass is 294 g/mol. The Morgan fingerprint density at radius 3 is 2.84 bits per heavy atom. The highest BCUT2D eigenvalue weighted by atomic mass is 35.5. The van der Waals surface area contributed by atoms with Gasteiger partial charge in [-0.1, -0.05) is 30.7 Å². The minimum absolute atomic E-state index is 0.174. The third-order valence-corrected chi connectivity index (χ3v) is 3.69. The third kappa shape index (κ3) is 1.85. The predicted molar refractivity (Wildman–Crippen MR) is 75.8 cm³/mol. The molecule has 0 aliphatic heterocycles. The van der Waals surface area contributed by atoms with Crippen molar-refractivity contribution in [3.63, 3.8) is 0 Å². The molecule has 2 aromatic heterocycles. The number of benzene rings is 1. The number of hydrogen-bond acceptors (Lipinski definition) is 6. The Morgan fingerprint density at radius 1 is 1.32 bits per heavy atom. The highest BCUT2D eigenvalue weighted by Gasteiger charge is 2.20. The van der Waals surface area contributed by atoms with Crippen molar-refractivity contribution in [2.75, 3.05) is 5.73 Å². The molecule has 3 aromatic rings. The van der Waals surface area contributed by atoms with E-state index in [4.69, 9.17) is 17.3 Å². The lowest BCUT2D eigenvalue weighted by molar-refractivity contribution is 0.718. The van der Waals surface area contributed by atoms with Gasteiger partial charge in [-0.25, -0.2) is 4.68 Å². The molecule has 19 heavy (non-hydrogen) atoms. The molecule has 6 nitrogen and oxygen atoms in total. The van der Waals surface area contributed by atoms with Gasteiger partial charge in [-0.05, 0) is 18.1 Å². The summed E-state index contributed by atoms with van der Waals surface area (Å²) in [5, 5.41) is 8.57. The Balaban J connectivity index is 2.36. The van der Waals surface area contributed by atoms with Crippen LogP contribution in [0.4, 0.5) is 5.82 Å². The minimum atomic E-state index is 0.174. The molecule has 0 unspecified atom stereocenters. The fourth-order valence-corrected chi connectivity index (χ4v) is 2.79. The van der Waals surface area contributed by atoms with Gasteiger partial charge in [-0.2, -0.15) is 8.75 Å². The van der Waals surface area contributed by atoms with Crippen molar-refractivity contribution < 1.29 is 0 Å². The Labute approximate surface area is 118 Å². The van der Waals surface area contributed by atoms with Crippen molar-refractivity contribution in [3.8, 4) is 5.69 Å². The van der Waals surface area contributed by atoms with Gasteiger partial charge in [0.15, 0.2) is 5.82 Å². The molecule has 0 spiro atoms. The summed E-state index contributed by atoms with van der Waals surface area (Å²) in [6.45, 7) is 4.05. The van der Waals surface area contributed by atoms with Crippen molar-refractivity contribution in [1.82, 2.24) is 23.7 Å². The molecule has 98 valence electrons. The number of anilines is 1. The van der Waals surface area contributed by atoms with Crippen LogP contribution in [-0.4, -0.2) is 23.7 Å². The van der Waals surface area contributed by atoms with E-state index in [2.05, 4.69) is 19.1 Å². The number of halogens is 1. The van der Waals surface area contributed by atoms with Gasteiger partial charge in [-0.3, -0.25) is 0 Å². The molecule has 0 aliphatic carbocycles. The zero-order valence-electron chi connectivity index (χ0n) is 10.3. The number of rotatable bonds is 2. The maximum Gasteiger partial charge on any atom is 0.169 e.